The van der Waals surface area contributed by atoms with Crippen LogP contribution in [0.2, 0.25) is 0 Å². The fraction of sp³-hybridized carbons (Fsp3) is 0.0588. The first-order valence-corrected chi connectivity index (χ1v) is 7.89. The number of hydrogen-bond donors (Lipinski definition) is 1. The van der Waals surface area contributed by atoms with E-state index in [0.29, 0.717) is 17.9 Å². The molecule has 0 atom stereocenters. The Morgan fingerprint density at radius 2 is 2.07 bits per heavy atom. The lowest BCUT2D eigenvalue weighted by Gasteiger charge is -2.08. The predicted molar refractivity (Wildman–Crippen MR) is 94.4 cm³/mol. The molecule has 0 saturated carbocycles. The summed E-state index contributed by atoms with van der Waals surface area (Å²) >= 11 is 0. The van der Waals surface area contributed by atoms with E-state index >= 15 is 0 Å². The second-order valence-corrected chi connectivity index (χ2v) is 5.62. The van der Waals surface area contributed by atoms with Crippen molar-refractivity contribution in [3.8, 4) is 11.5 Å². The number of nitrogens with one attached hydrogen (secondary N) is 1. The van der Waals surface area contributed by atoms with Crippen molar-refractivity contribution in [1.29, 1.82) is 0 Å². The number of hydrogen-bond acceptors (Lipinski definition) is 7. The highest BCUT2D eigenvalue weighted by atomic mass is 19.1. The van der Waals surface area contributed by atoms with E-state index in [1.165, 1.54) is 28.9 Å². The number of imidazole rings is 1. The third-order valence-electron chi connectivity index (χ3n) is 3.85. The molecule has 0 aromatic carbocycles. The van der Waals surface area contributed by atoms with Crippen molar-refractivity contribution in [3.05, 3.63) is 76.7 Å². The normalized spacial score (nSPS) is 10.9. The molecular weight excluding hydrogens is 353 g/mol. The first-order valence-electron chi connectivity index (χ1n) is 7.89. The monoisotopic (exact) mass is 365 g/mol. The molecule has 0 aliphatic rings. The van der Waals surface area contributed by atoms with E-state index in [1.54, 1.807) is 18.5 Å². The third-order valence-corrected chi connectivity index (χ3v) is 3.85. The minimum atomic E-state index is -0.566. The second-order valence-electron chi connectivity index (χ2n) is 5.62. The second kappa shape index (κ2) is 6.75. The van der Waals surface area contributed by atoms with Crippen LogP contribution in [0.1, 0.15) is 5.56 Å². The van der Waals surface area contributed by atoms with Crippen LogP contribution in [0.5, 0.6) is 0 Å². The summed E-state index contributed by atoms with van der Waals surface area (Å²) in [5.41, 5.74) is 1.51. The van der Waals surface area contributed by atoms with Gasteiger partial charge in [-0.2, -0.15) is 0 Å². The quantitative estimate of drug-likeness (QED) is 0.427. The maximum absolute atomic E-state index is 13.6. The Labute approximate surface area is 151 Å². The number of pyridine rings is 2. The Kier molecular flexibility index (Phi) is 4.13. The van der Waals surface area contributed by atoms with Gasteiger partial charge in [-0.1, -0.05) is 6.07 Å². The summed E-state index contributed by atoms with van der Waals surface area (Å²) in [6, 6.07) is 6.42. The molecule has 0 amide bonds. The minimum Gasteiger partial charge on any atom is -0.360 e. The molecule has 0 fully saturated rings. The number of halogens is 1. The molecule has 1 N–H and O–H groups in total. The van der Waals surface area contributed by atoms with Gasteiger partial charge in [-0.05, 0) is 23.8 Å². The zero-order valence-electron chi connectivity index (χ0n) is 13.8. The lowest BCUT2D eigenvalue weighted by molar-refractivity contribution is -0.384. The van der Waals surface area contributed by atoms with Crippen molar-refractivity contribution >= 4 is 17.2 Å². The number of aromatic nitrogens is 5. The molecule has 4 rings (SSSR count). The zero-order valence-corrected chi connectivity index (χ0v) is 13.8. The van der Waals surface area contributed by atoms with Gasteiger partial charge in [0.1, 0.15) is 23.4 Å². The number of anilines is 1. The van der Waals surface area contributed by atoms with Gasteiger partial charge < -0.3 is 5.32 Å². The third kappa shape index (κ3) is 3.27. The molecule has 4 aromatic rings. The summed E-state index contributed by atoms with van der Waals surface area (Å²) in [5, 5.41) is 14.2. The van der Waals surface area contributed by atoms with Crippen molar-refractivity contribution in [3.63, 3.8) is 0 Å². The van der Waals surface area contributed by atoms with Crippen LogP contribution in [-0.2, 0) is 6.54 Å². The van der Waals surface area contributed by atoms with Crippen LogP contribution in [0.3, 0.4) is 0 Å². The molecule has 0 saturated heterocycles. The fourth-order valence-electron chi connectivity index (χ4n) is 2.57. The van der Waals surface area contributed by atoms with E-state index in [2.05, 4.69) is 25.3 Å². The summed E-state index contributed by atoms with van der Waals surface area (Å²) in [6.45, 7) is 0.299. The van der Waals surface area contributed by atoms with Crippen LogP contribution in [0.25, 0.3) is 17.2 Å². The Bertz CT molecular complexity index is 1130. The highest BCUT2D eigenvalue weighted by Crippen LogP contribution is 2.25. The van der Waals surface area contributed by atoms with E-state index < -0.39 is 10.7 Å². The molecule has 27 heavy (non-hydrogen) atoms. The van der Waals surface area contributed by atoms with Crippen molar-refractivity contribution in [1.82, 2.24) is 24.3 Å². The zero-order chi connectivity index (χ0) is 18.8. The summed E-state index contributed by atoms with van der Waals surface area (Å²) in [4.78, 5) is 27.2. The topological polar surface area (TPSA) is 111 Å². The number of nitrogens with zero attached hydrogens (tertiary/aromatic N) is 6. The summed E-state index contributed by atoms with van der Waals surface area (Å²) in [7, 11) is 0. The highest BCUT2D eigenvalue weighted by molar-refractivity contribution is 5.63. The number of nitro groups is 1. The van der Waals surface area contributed by atoms with E-state index in [4.69, 9.17) is 0 Å². The van der Waals surface area contributed by atoms with Crippen LogP contribution in [0.4, 0.5) is 15.9 Å². The largest absolute Gasteiger partial charge is 0.360 e. The average molecular weight is 365 g/mol. The van der Waals surface area contributed by atoms with E-state index in [9.17, 15) is 14.5 Å². The molecule has 4 aromatic heterocycles. The van der Waals surface area contributed by atoms with Crippen LogP contribution in [-0.4, -0.2) is 29.3 Å². The SMILES string of the molecule is O=[N+]([O-])c1cnc(-c2cnc3ccc(F)cn23)nc1NCc1cccnc1. The van der Waals surface area contributed by atoms with Crippen molar-refractivity contribution in [2.75, 3.05) is 5.32 Å². The molecule has 4 heterocycles. The molecular formula is C17H12FN7O2. The standard InChI is InChI=1S/C17H12FN7O2/c18-12-3-4-15-20-8-13(24(15)10-12)16-22-9-14(25(26)27)17(23-16)21-7-11-2-1-5-19-6-11/h1-6,8-10H,7H2,(H,21,22,23). The van der Waals surface area contributed by atoms with E-state index in [1.807, 2.05) is 6.07 Å². The summed E-state index contributed by atoms with van der Waals surface area (Å²) < 4.78 is 15.1. The molecule has 0 aliphatic heterocycles. The van der Waals surface area contributed by atoms with Gasteiger partial charge in [-0.25, -0.2) is 19.3 Å². The highest BCUT2D eigenvalue weighted by Gasteiger charge is 2.19. The summed E-state index contributed by atoms with van der Waals surface area (Å²) in [6.07, 6.45) is 7.14. The molecule has 0 bridgehead atoms. The number of rotatable bonds is 5. The molecule has 0 aliphatic carbocycles. The van der Waals surface area contributed by atoms with Gasteiger partial charge in [-0.3, -0.25) is 19.5 Å². The predicted octanol–water partition coefficient (Wildman–Crippen LogP) is 2.85. The minimum absolute atomic E-state index is 0.0557. The molecule has 10 heteroatoms. The maximum atomic E-state index is 13.6. The lowest BCUT2D eigenvalue weighted by atomic mass is 10.3. The Morgan fingerprint density at radius 1 is 1.19 bits per heavy atom. The van der Waals surface area contributed by atoms with E-state index in [-0.39, 0.29) is 17.3 Å². The molecule has 134 valence electrons. The summed E-state index contributed by atoms with van der Waals surface area (Å²) in [5.74, 6) is -0.203. The van der Waals surface area contributed by atoms with Gasteiger partial charge in [-0.15, -0.1) is 0 Å². The van der Waals surface area contributed by atoms with Gasteiger partial charge in [0.2, 0.25) is 5.82 Å². The Morgan fingerprint density at radius 3 is 2.85 bits per heavy atom. The Hall–Kier alpha value is -3.95. The van der Waals surface area contributed by atoms with E-state index in [0.717, 1.165) is 11.8 Å². The van der Waals surface area contributed by atoms with Crippen LogP contribution in [0.15, 0.2) is 55.2 Å². The van der Waals surface area contributed by atoms with Crippen molar-refractivity contribution in [2.45, 2.75) is 6.54 Å². The van der Waals surface area contributed by atoms with Gasteiger partial charge in [0.25, 0.3) is 0 Å². The smallest absolute Gasteiger partial charge is 0.329 e. The first-order chi connectivity index (χ1) is 13.1. The van der Waals surface area contributed by atoms with Gasteiger partial charge in [0.15, 0.2) is 5.82 Å². The van der Waals surface area contributed by atoms with Crippen molar-refractivity contribution < 1.29 is 9.31 Å². The van der Waals surface area contributed by atoms with Crippen LogP contribution < -0.4 is 5.32 Å². The molecule has 9 nitrogen and oxygen atoms in total. The van der Waals surface area contributed by atoms with Gasteiger partial charge in [0, 0.05) is 25.1 Å². The average Bonchev–Trinajstić information content (AvgIpc) is 3.10. The molecule has 0 radical (unpaired) electrons. The van der Waals surface area contributed by atoms with Crippen LogP contribution >= 0.6 is 0 Å². The molecule has 0 spiro atoms. The number of fused-ring (bicyclic) bond motifs is 1. The van der Waals surface area contributed by atoms with Crippen LogP contribution in [0, 0.1) is 15.9 Å². The van der Waals surface area contributed by atoms with Crippen molar-refractivity contribution in [2.24, 2.45) is 0 Å². The maximum Gasteiger partial charge on any atom is 0.329 e. The fourth-order valence-corrected chi connectivity index (χ4v) is 2.57. The molecule has 0 unspecified atom stereocenters. The first kappa shape index (κ1) is 16.5. The van der Waals surface area contributed by atoms with Gasteiger partial charge >= 0.3 is 5.69 Å². The van der Waals surface area contributed by atoms with Gasteiger partial charge in [0.05, 0.1) is 11.1 Å². The lowest BCUT2D eigenvalue weighted by Crippen LogP contribution is -2.07. The Balaban J connectivity index is 1.73.